The Morgan fingerprint density at radius 3 is 0.919 bits per heavy atom. The summed E-state index contributed by atoms with van der Waals surface area (Å²) in [5.41, 5.74) is 7.64. The molecule has 0 unspecified atom stereocenters. The zero-order chi connectivity index (χ0) is 52.2. The quantitative estimate of drug-likeness (QED) is 0.0234. The van der Waals surface area contributed by atoms with E-state index >= 15 is 0 Å². The van der Waals surface area contributed by atoms with Crippen LogP contribution < -0.4 is 26.6 Å². The fraction of sp³-hybridized carbons (Fsp3) is 0.333. The second kappa shape index (κ2) is 33.3. The monoisotopic (exact) mass is 1120 g/mol. The molecule has 0 radical (unpaired) electrons. The van der Waals surface area contributed by atoms with Crippen LogP contribution in [-0.4, -0.2) is 142 Å². The van der Waals surface area contributed by atoms with Crippen molar-refractivity contribution < 1.29 is 18.9 Å². The first-order valence-electron chi connectivity index (χ1n) is 24.2. The SMILES string of the molecule is CN(CCOCCNc1ccnc2cc(Cl)ccc12)CCOCCNc1ccnc2cc(Cl)ccc12.ClCCl.Clc1ccc2c(NCCOCCNCCOCCNc3ccnc4cc(Cl)ccc34)ccnc2c1. The van der Waals surface area contributed by atoms with Gasteiger partial charge in [-0.25, -0.2) is 0 Å². The minimum atomic E-state index is 0.194. The predicted molar refractivity (Wildman–Crippen MR) is 311 cm³/mol. The molecule has 0 aliphatic carbocycles. The van der Waals surface area contributed by atoms with Gasteiger partial charge in [0.15, 0.2) is 0 Å². The largest absolute Gasteiger partial charge is 0.382 e. The highest BCUT2D eigenvalue weighted by Gasteiger charge is 2.07. The second-order valence-corrected chi connectivity index (χ2v) is 18.9. The number of pyridine rings is 4. The average molecular weight is 1130 g/mol. The van der Waals surface area contributed by atoms with Gasteiger partial charge in [0.1, 0.15) is 0 Å². The summed E-state index contributed by atoms with van der Waals surface area (Å²) in [5.74, 6) is 0. The lowest BCUT2D eigenvalue weighted by atomic mass is 10.2. The van der Waals surface area contributed by atoms with Crippen LogP contribution in [0.3, 0.4) is 0 Å². The van der Waals surface area contributed by atoms with Gasteiger partial charge in [-0.1, -0.05) is 46.4 Å². The Hall–Kier alpha value is -4.78. The number of ether oxygens (including phenoxy) is 4. The molecule has 0 bridgehead atoms. The van der Waals surface area contributed by atoms with Crippen LogP contribution in [0.25, 0.3) is 43.6 Å². The number of halogens is 6. The van der Waals surface area contributed by atoms with Crippen LogP contribution in [0.15, 0.2) is 122 Å². The Kier molecular flexibility index (Phi) is 26.3. The fourth-order valence-corrected chi connectivity index (χ4v) is 8.17. The lowest BCUT2D eigenvalue weighted by Gasteiger charge is -2.17. The summed E-state index contributed by atoms with van der Waals surface area (Å²) >= 11 is 33.7. The van der Waals surface area contributed by atoms with E-state index in [9.17, 15) is 0 Å². The first-order chi connectivity index (χ1) is 36.2. The Morgan fingerprint density at radius 2 is 0.635 bits per heavy atom. The van der Waals surface area contributed by atoms with Gasteiger partial charge in [0.2, 0.25) is 0 Å². The number of likely N-dealkylation sites (N-methyl/N-ethyl adjacent to an activating group) is 1. The Balaban J connectivity index is 0.000000229. The van der Waals surface area contributed by atoms with E-state index in [1.165, 1.54) is 0 Å². The number of nitrogens with zero attached hydrogens (tertiary/aromatic N) is 5. The molecule has 0 fully saturated rings. The molecule has 8 aromatic rings. The lowest BCUT2D eigenvalue weighted by molar-refractivity contribution is 0.0911. The van der Waals surface area contributed by atoms with Crippen molar-refractivity contribution in [2.45, 2.75) is 0 Å². The normalized spacial score (nSPS) is 11.1. The third kappa shape index (κ3) is 20.1. The van der Waals surface area contributed by atoms with Crippen molar-refractivity contribution in [1.29, 1.82) is 0 Å². The van der Waals surface area contributed by atoms with Crippen LogP contribution in [0, 0.1) is 0 Å². The summed E-state index contributed by atoms with van der Waals surface area (Å²) < 4.78 is 23.0. The maximum absolute atomic E-state index is 6.06. The molecule has 8 rings (SSSR count). The lowest BCUT2D eigenvalue weighted by Crippen LogP contribution is -2.28. The van der Waals surface area contributed by atoms with Crippen LogP contribution in [0.5, 0.6) is 0 Å². The first-order valence-corrected chi connectivity index (χ1v) is 26.7. The molecule has 5 N–H and O–H groups in total. The van der Waals surface area contributed by atoms with Crippen molar-refractivity contribution in [3.05, 3.63) is 142 Å². The summed E-state index contributed by atoms with van der Waals surface area (Å²) in [4.78, 5) is 19.7. The maximum atomic E-state index is 6.06. The molecule has 0 aliphatic heterocycles. The van der Waals surface area contributed by atoms with E-state index in [-0.39, 0.29) is 5.34 Å². The smallest absolute Gasteiger partial charge is 0.0967 e. The van der Waals surface area contributed by atoms with Crippen molar-refractivity contribution in [1.82, 2.24) is 30.2 Å². The van der Waals surface area contributed by atoms with Crippen molar-refractivity contribution in [3.8, 4) is 0 Å². The van der Waals surface area contributed by atoms with Crippen LogP contribution >= 0.6 is 69.6 Å². The molecule has 14 nitrogen and oxygen atoms in total. The summed E-state index contributed by atoms with van der Waals surface area (Å²) in [6, 6.07) is 30.8. The molecule has 20 heteroatoms. The van der Waals surface area contributed by atoms with Gasteiger partial charge in [0, 0.05) is 142 Å². The van der Waals surface area contributed by atoms with Gasteiger partial charge >= 0.3 is 0 Å². The Labute approximate surface area is 463 Å². The van der Waals surface area contributed by atoms with Gasteiger partial charge in [0.25, 0.3) is 0 Å². The topological polar surface area (TPSA) is 152 Å². The number of benzene rings is 4. The fourth-order valence-electron chi connectivity index (χ4n) is 7.51. The summed E-state index contributed by atoms with van der Waals surface area (Å²) in [5, 5.41) is 24.1. The van der Waals surface area contributed by atoms with E-state index in [1.807, 2.05) is 97.1 Å². The summed E-state index contributed by atoms with van der Waals surface area (Å²) in [6.45, 7) is 11.3. The zero-order valence-corrected chi connectivity index (χ0v) is 45.7. The van der Waals surface area contributed by atoms with Gasteiger partial charge in [-0.2, -0.15) is 0 Å². The number of rotatable bonds is 28. The van der Waals surface area contributed by atoms with E-state index in [0.29, 0.717) is 72.9 Å². The Bertz CT molecular complexity index is 2740. The Morgan fingerprint density at radius 1 is 0.378 bits per heavy atom. The highest BCUT2D eigenvalue weighted by Crippen LogP contribution is 2.27. The molecule has 0 spiro atoms. The highest BCUT2D eigenvalue weighted by molar-refractivity contribution is 6.40. The first kappa shape index (κ1) is 58.5. The van der Waals surface area contributed by atoms with Crippen molar-refractivity contribution >= 4 is 136 Å². The number of aromatic nitrogens is 4. The number of hydrogen-bond donors (Lipinski definition) is 5. The molecule has 4 aromatic heterocycles. The van der Waals surface area contributed by atoms with Crippen LogP contribution in [0.2, 0.25) is 20.1 Å². The van der Waals surface area contributed by atoms with Crippen molar-refractivity contribution in [2.75, 3.05) is 139 Å². The minimum Gasteiger partial charge on any atom is -0.382 e. The molecule has 0 atom stereocenters. The summed E-state index contributed by atoms with van der Waals surface area (Å²) in [6.07, 6.45) is 7.13. The maximum Gasteiger partial charge on any atom is 0.0967 e. The third-order valence-electron chi connectivity index (χ3n) is 11.1. The highest BCUT2D eigenvalue weighted by atomic mass is 35.5. The van der Waals surface area contributed by atoms with Crippen molar-refractivity contribution in [3.63, 3.8) is 0 Å². The molecule has 4 heterocycles. The standard InChI is InChI=1S/C27H31Cl2N5O2.C26H29Cl2N5O2.CH2Cl2/c1-34(12-16-35-14-10-32-24-6-8-30-26-18-20(28)2-4-22(24)26)13-17-36-15-11-33-25-7-9-31-27-19-21(29)3-5-23(25)27;27-19-1-3-21-23(5-7-30-25(21)17-19)32-11-15-34-13-9-29-10-14-35-16-12-33-24-6-8-31-26-18-20(28)2-4-22(24)26;2-1-3/h2-9,18-19H,10-17H2,1H3,(H,30,32)(H,31,33);1-8,17-18,29H,9-16H2,(H,30,32)(H,31,33);1H2. The summed E-state index contributed by atoms with van der Waals surface area (Å²) in [7, 11) is 2.08. The number of nitrogens with one attached hydrogen (secondary N) is 5. The molecule has 74 heavy (non-hydrogen) atoms. The zero-order valence-electron chi connectivity index (χ0n) is 41.2. The van der Waals surface area contributed by atoms with Gasteiger partial charge in [-0.3, -0.25) is 19.9 Å². The van der Waals surface area contributed by atoms with E-state index in [4.69, 9.17) is 88.6 Å². The van der Waals surface area contributed by atoms with Crippen molar-refractivity contribution in [2.24, 2.45) is 0 Å². The van der Waals surface area contributed by atoms with E-state index in [1.54, 1.807) is 24.8 Å². The molecule has 0 saturated carbocycles. The molecule has 0 aliphatic rings. The van der Waals surface area contributed by atoms with E-state index < -0.39 is 0 Å². The molecule has 394 valence electrons. The van der Waals surface area contributed by atoms with Gasteiger partial charge in [-0.15, -0.1) is 23.2 Å². The number of fused-ring (bicyclic) bond motifs is 4. The molecular formula is C54H62Cl6N10O4. The van der Waals surface area contributed by atoms with Crippen LogP contribution in [0.4, 0.5) is 22.7 Å². The number of hydrogen-bond acceptors (Lipinski definition) is 14. The third-order valence-corrected chi connectivity index (χ3v) is 12.1. The molecule has 0 amide bonds. The van der Waals surface area contributed by atoms with Crippen LogP contribution in [-0.2, 0) is 18.9 Å². The average Bonchev–Trinajstić information content (AvgIpc) is 3.40. The van der Waals surface area contributed by atoms with Gasteiger partial charge in [-0.05, 0) is 104 Å². The van der Waals surface area contributed by atoms with E-state index in [2.05, 4.69) is 58.5 Å². The van der Waals surface area contributed by atoms with Gasteiger partial charge in [0.05, 0.1) is 80.3 Å². The van der Waals surface area contributed by atoms with Gasteiger partial charge < -0.3 is 50.4 Å². The second-order valence-electron chi connectivity index (χ2n) is 16.4. The number of alkyl halides is 2. The minimum absolute atomic E-state index is 0.194. The van der Waals surface area contributed by atoms with E-state index in [0.717, 1.165) is 119 Å². The predicted octanol–water partition coefficient (Wildman–Crippen LogP) is 12.2. The number of anilines is 4. The molecular weight excluding hydrogens is 1070 g/mol. The van der Waals surface area contributed by atoms with Crippen LogP contribution in [0.1, 0.15) is 0 Å². The molecule has 4 aromatic carbocycles. The molecule has 0 saturated heterocycles.